The fourth-order valence-electron chi connectivity index (χ4n) is 1.87. The first kappa shape index (κ1) is 10.8. The van der Waals surface area contributed by atoms with Crippen molar-refractivity contribution in [2.75, 3.05) is 0 Å². The fraction of sp³-hybridized carbons (Fsp3) is 1.00. The summed E-state index contributed by atoms with van der Waals surface area (Å²) in [4.78, 5) is 0. The first-order chi connectivity index (χ1) is 5.99. The van der Waals surface area contributed by atoms with Crippen molar-refractivity contribution >= 4 is 0 Å². The van der Waals surface area contributed by atoms with E-state index in [1.807, 2.05) is 0 Å². The van der Waals surface area contributed by atoms with Gasteiger partial charge in [-0.25, -0.2) is 0 Å². The van der Waals surface area contributed by atoms with Crippen LogP contribution in [0.25, 0.3) is 0 Å². The topological polar surface area (TPSA) is 20.2 Å². The summed E-state index contributed by atoms with van der Waals surface area (Å²) in [6.07, 6.45) is -1.92. The van der Waals surface area contributed by atoms with Gasteiger partial charge in [0.25, 0.3) is 0 Å². The van der Waals surface area contributed by atoms with Gasteiger partial charge in [0.2, 0.25) is 0 Å². The zero-order chi connectivity index (χ0) is 9.90. The Morgan fingerprint density at radius 1 is 1.15 bits per heavy atom. The van der Waals surface area contributed by atoms with Gasteiger partial charge in [-0.2, -0.15) is 13.2 Å². The van der Waals surface area contributed by atoms with Crippen LogP contribution in [0.4, 0.5) is 13.2 Å². The SMILES string of the molecule is OC1CCCCC1CCC(F)(F)F. The minimum absolute atomic E-state index is 0.0880. The Labute approximate surface area is 75.9 Å². The molecule has 1 rings (SSSR count). The number of alkyl halides is 3. The molecule has 2 unspecified atom stereocenters. The lowest BCUT2D eigenvalue weighted by atomic mass is 9.83. The molecule has 0 aliphatic heterocycles. The first-order valence-electron chi connectivity index (χ1n) is 4.74. The average Bonchev–Trinajstić information content (AvgIpc) is 2.01. The fourth-order valence-corrected chi connectivity index (χ4v) is 1.87. The summed E-state index contributed by atoms with van der Waals surface area (Å²) in [6, 6.07) is 0. The van der Waals surface area contributed by atoms with E-state index >= 15 is 0 Å². The zero-order valence-electron chi connectivity index (χ0n) is 7.48. The summed E-state index contributed by atoms with van der Waals surface area (Å²) in [5.41, 5.74) is 0. The van der Waals surface area contributed by atoms with E-state index in [4.69, 9.17) is 0 Å². The molecule has 1 saturated carbocycles. The summed E-state index contributed by atoms with van der Waals surface area (Å²) >= 11 is 0. The van der Waals surface area contributed by atoms with Crippen LogP contribution >= 0.6 is 0 Å². The number of aliphatic hydroxyl groups is 1. The Bertz CT molecular complexity index is 155. The van der Waals surface area contributed by atoms with Crippen LogP contribution < -0.4 is 0 Å². The van der Waals surface area contributed by atoms with Crippen LogP contribution in [-0.2, 0) is 0 Å². The lowest BCUT2D eigenvalue weighted by Crippen LogP contribution is -2.25. The highest BCUT2D eigenvalue weighted by Gasteiger charge is 2.31. The highest BCUT2D eigenvalue weighted by Crippen LogP contribution is 2.32. The van der Waals surface area contributed by atoms with Gasteiger partial charge in [0.15, 0.2) is 0 Å². The van der Waals surface area contributed by atoms with Crippen LogP contribution in [0.1, 0.15) is 38.5 Å². The summed E-state index contributed by atoms with van der Waals surface area (Å²) in [6.45, 7) is 0. The monoisotopic (exact) mass is 196 g/mol. The molecule has 0 saturated heterocycles. The van der Waals surface area contributed by atoms with E-state index in [1.165, 1.54) is 0 Å². The van der Waals surface area contributed by atoms with Gasteiger partial charge in [0.1, 0.15) is 0 Å². The van der Waals surface area contributed by atoms with Gasteiger partial charge in [-0.05, 0) is 25.2 Å². The van der Waals surface area contributed by atoms with Gasteiger partial charge in [-0.3, -0.25) is 0 Å². The van der Waals surface area contributed by atoms with Crippen molar-refractivity contribution in [2.24, 2.45) is 5.92 Å². The van der Waals surface area contributed by atoms with Crippen molar-refractivity contribution in [3.05, 3.63) is 0 Å². The van der Waals surface area contributed by atoms with Gasteiger partial charge < -0.3 is 5.11 Å². The molecule has 4 heteroatoms. The van der Waals surface area contributed by atoms with E-state index in [2.05, 4.69) is 0 Å². The molecule has 1 N–H and O–H groups in total. The second-order valence-electron chi connectivity index (χ2n) is 3.77. The van der Waals surface area contributed by atoms with Gasteiger partial charge >= 0.3 is 6.18 Å². The molecule has 0 aromatic carbocycles. The molecule has 13 heavy (non-hydrogen) atoms. The molecular weight excluding hydrogens is 181 g/mol. The Hall–Kier alpha value is -0.250. The van der Waals surface area contributed by atoms with Crippen molar-refractivity contribution in [1.82, 2.24) is 0 Å². The van der Waals surface area contributed by atoms with Crippen molar-refractivity contribution < 1.29 is 18.3 Å². The van der Waals surface area contributed by atoms with Crippen LogP contribution in [0.15, 0.2) is 0 Å². The molecular formula is C9H15F3O. The van der Waals surface area contributed by atoms with Gasteiger partial charge in [0, 0.05) is 6.42 Å². The number of hydrogen-bond donors (Lipinski definition) is 1. The standard InChI is InChI=1S/C9H15F3O/c10-9(11,12)6-5-7-3-1-2-4-8(7)13/h7-8,13H,1-6H2. The Balaban J connectivity index is 2.27. The van der Waals surface area contributed by atoms with Gasteiger partial charge in [0.05, 0.1) is 6.10 Å². The van der Waals surface area contributed by atoms with Crippen LogP contribution in [-0.4, -0.2) is 17.4 Å². The molecule has 0 bridgehead atoms. The van der Waals surface area contributed by atoms with Crippen LogP contribution in [0.2, 0.25) is 0 Å². The quantitative estimate of drug-likeness (QED) is 0.720. The van der Waals surface area contributed by atoms with E-state index in [0.29, 0.717) is 6.42 Å². The zero-order valence-corrected chi connectivity index (χ0v) is 7.48. The molecule has 0 amide bonds. The van der Waals surface area contributed by atoms with Crippen LogP contribution in [0, 0.1) is 5.92 Å². The molecule has 0 spiro atoms. The summed E-state index contributed by atoms with van der Waals surface area (Å²) in [5, 5.41) is 9.40. The maximum atomic E-state index is 11.9. The molecule has 1 aliphatic carbocycles. The molecule has 0 heterocycles. The summed E-state index contributed by atoms with van der Waals surface area (Å²) in [5.74, 6) is -0.129. The van der Waals surface area contributed by atoms with Crippen LogP contribution in [0.3, 0.4) is 0 Å². The van der Waals surface area contributed by atoms with E-state index in [9.17, 15) is 18.3 Å². The maximum absolute atomic E-state index is 11.9. The van der Waals surface area contributed by atoms with E-state index in [1.54, 1.807) is 0 Å². The number of rotatable bonds is 2. The minimum Gasteiger partial charge on any atom is -0.393 e. The predicted octanol–water partition coefficient (Wildman–Crippen LogP) is 2.88. The molecule has 1 fully saturated rings. The van der Waals surface area contributed by atoms with Crippen LogP contribution in [0.5, 0.6) is 0 Å². The third kappa shape index (κ3) is 3.98. The summed E-state index contributed by atoms with van der Waals surface area (Å²) < 4.78 is 35.6. The second kappa shape index (κ2) is 4.31. The lowest BCUT2D eigenvalue weighted by Gasteiger charge is -2.27. The number of aliphatic hydroxyl groups excluding tert-OH is 1. The second-order valence-corrected chi connectivity index (χ2v) is 3.77. The highest BCUT2D eigenvalue weighted by atomic mass is 19.4. The maximum Gasteiger partial charge on any atom is 0.389 e. The molecule has 1 aliphatic rings. The molecule has 0 aromatic heterocycles. The normalized spacial score (nSPS) is 30.5. The molecule has 0 aromatic rings. The Morgan fingerprint density at radius 2 is 1.77 bits per heavy atom. The van der Waals surface area contributed by atoms with Gasteiger partial charge in [-0.15, -0.1) is 0 Å². The third-order valence-electron chi connectivity index (χ3n) is 2.67. The molecule has 0 radical (unpaired) electrons. The summed E-state index contributed by atoms with van der Waals surface area (Å²) in [7, 11) is 0. The van der Waals surface area contributed by atoms with Crippen molar-refractivity contribution in [3.8, 4) is 0 Å². The largest absolute Gasteiger partial charge is 0.393 e. The number of hydrogen-bond acceptors (Lipinski definition) is 1. The molecule has 2 atom stereocenters. The third-order valence-corrected chi connectivity index (χ3v) is 2.67. The Morgan fingerprint density at radius 3 is 2.31 bits per heavy atom. The highest BCUT2D eigenvalue weighted by molar-refractivity contribution is 4.75. The van der Waals surface area contributed by atoms with E-state index in [-0.39, 0.29) is 12.3 Å². The molecule has 78 valence electrons. The number of halogens is 3. The lowest BCUT2D eigenvalue weighted by molar-refractivity contribution is -0.140. The van der Waals surface area contributed by atoms with Crippen molar-refractivity contribution in [2.45, 2.75) is 50.8 Å². The van der Waals surface area contributed by atoms with E-state index in [0.717, 1.165) is 19.3 Å². The Kier molecular flexibility index (Phi) is 3.59. The first-order valence-corrected chi connectivity index (χ1v) is 4.74. The van der Waals surface area contributed by atoms with Gasteiger partial charge in [-0.1, -0.05) is 12.8 Å². The molecule has 1 nitrogen and oxygen atoms in total. The predicted molar refractivity (Wildman–Crippen MR) is 43.3 cm³/mol. The minimum atomic E-state index is -4.07. The van der Waals surface area contributed by atoms with Crippen molar-refractivity contribution in [3.63, 3.8) is 0 Å². The smallest absolute Gasteiger partial charge is 0.389 e. The van der Waals surface area contributed by atoms with Crippen molar-refractivity contribution in [1.29, 1.82) is 0 Å². The average molecular weight is 196 g/mol. The van der Waals surface area contributed by atoms with E-state index < -0.39 is 18.7 Å².